The molecular formula is C20H26N2O5S. The highest BCUT2D eigenvalue weighted by molar-refractivity contribution is 7.80. The smallest absolute Gasteiger partial charge is 0.355 e. The van der Waals surface area contributed by atoms with Crippen molar-refractivity contribution in [1.29, 1.82) is 0 Å². The Morgan fingerprint density at radius 3 is 2.18 bits per heavy atom. The maximum atomic E-state index is 11.7. The molecule has 0 fully saturated rings. The number of benzene rings is 1. The van der Waals surface area contributed by atoms with E-state index >= 15 is 0 Å². The highest BCUT2D eigenvalue weighted by Gasteiger charge is 2.21. The number of thiol groups is 1. The van der Waals surface area contributed by atoms with E-state index in [4.69, 9.17) is 14.2 Å². The molecule has 1 heterocycles. The number of ether oxygens (including phenoxy) is 3. The number of hydrogen-bond donors (Lipinski definition) is 2. The minimum Gasteiger partial charge on any atom is -0.493 e. The predicted molar refractivity (Wildman–Crippen MR) is 109 cm³/mol. The van der Waals surface area contributed by atoms with Crippen molar-refractivity contribution < 1.29 is 24.1 Å². The SMILES string of the molecule is CCCCCCc1nc(C(=O)O)c(S)c(-c2cc(OC)c(OC)c(OC)c2)n1. The molecule has 0 spiro atoms. The van der Waals surface area contributed by atoms with E-state index in [1.54, 1.807) is 12.1 Å². The highest BCUT2D eigenvalue weighted by Crippen LogP contribution is 2.42. The molecule has 0 aliphatic heterocycles. The van der Waals surface area contributed by atoms with E-state index in [-0.39, 0.29) is 10.6 Å². The van der Waals surface area contributed by atoms with Gasteiger partial charge in [-0.15, -0.1) is 12.6 Å². The van der Waals surface area contributed by atoms with E-state index in [0.717, 1.165) is 25.7 Å². The molecule has 152 valence electrons. The van der Waals surface area contributed by atoms with Crippen LogP contribution in [0.5, 0.6) is 17.2 Å². The molecule has 0 saturated carbocycles. The largest absolute Gasteiger partial charge is 0.493 e. The summed E-state index contributed by atoms with van der Waals surface area (Å²) in [6.45, 7) is 2.14. The summed E-state index contributed by atoms with van der Waals surface area (Å²) in [5.41, 5.74) is 0.910. The molecule has 0 saturated heterocycles. The average Bonchev–Trinajstić information content (AvgIpc) is 2.70. The van der Waals surface area contributed by atoms with Crippen LogP contribution in [0.3, 0.4) is 0 Å². The summed E-state index contributed by atoms with van der Waals surface area (Å²) in [6, 6.07) is 3.44. The van der Waals surface area contributed by atoms with Gasteiger partial charge in [-0.2, -0.15) is 0 Å². The number of aromatic nitrogens is 2. The van der Waals surface area contributed by atoms with Gasteiger partial charge in [-0.3, -0.25) is 0 Å². The Balaban J connectivity index is 2.57. The second kappa shape index (κ2) is 10.2. The molecule has 1 aromatic carbocycles. The Kier molecular flexibility index (Phi) is 7.92. The van der Waals surface area contributed by atoms with E-state index < -0.39 is 5.97 Å². The van der Waals surface area contributed by atoms with Gasteiger partial charge in [0.25, 0.3) is 0 Å². The molecule has 8 heteroatoms. The molecule has 2 aromatic rings. The molecule has 0 unspecified atom stereocenters. The Hall–Kier alpha value is -2.48. The fourth-order valence-electron chi connectivity index (χ4n) is 2.89. The first-order valence-electron chi connectivity index (χ1n) is 9.10. The first-order valence-corrected chi connectivity index (χ1v) is 9.55. The van der Waals surface area contributed by atoms with Crippen LogP contribution in [0, 0.1) is 0 Å². The number of nitrogens with zero attached hydrogens (tertiary/aromatic N) is 2. The van der Waals surface area contributed by atoms with Gasteiger partial charge in [0.15, 0.2) is 17.2 Å². The van der Waals surface area contributed by atoms with Gasteiger partial charge in [0.1, 0.15) is 5.82 Å². The van der Waals surface area contributed by atoms with Crippen LogP contribution in [-0.2, 0) is 6.42 Å². The Bertz CT molecular complexity index is 817. The average molecular weight is 407 g/mol. The minimum atomic E-state index is -1.14. The normalized spacial score (nSPS) is 10.6. The molecule has 7 nitrogen and oxygen atoms in total. The van der Waals surface area contributed by atoms with E-state index in [9.17, 15) is 9.90 Å². The van der Waals surface area contributed by atoms with Crippen molar-refractivity contribution >= 4 is 18.6 Å². The van der Waals surface area contributed by atoms with Crippen molar-refractivity contribution in [2.75, 3.05) is 21.3 Å². The van der Waals surface area contributed by atoms with E-state index in [0.29, 0.717) is 40.8 Å². The lowest BCUT2D eigenvalue weighted by Gasteiger charge is -2.15. The number of aromatic carboxylic acids is 1. The van der Waals surface area contributed by atoms with Crippen LogP contribution in [-0.4, -0.2) is 42.4 Å². The van der Waals surface area contributed by atoms with Gasteiger partial charge < -0.3 is 19.3 Å². The zero-order valence-electron chi connectivity index (χ0n) is 16.6. The van der Waals surface area contributed by atoms with Crippen molar-refractivity contribution in [3.8, 4) is 28.5 Å². The molecular weight excluding hydrogens is 380 g/mol. The number of methoxy groups -OCH3 is 3. The molecule has 0 bridgehead atoms. The molecule has 0 aliphatic rings. The van der Waals surface area contributed by atoms with Crippen LogP contribution >= 0.6 is 12.6 Å². The van der Waals surface area contributed by atoms with Gasteiger partial charge in [0, 0.05) is 12.0 Å². The van der Waals surface area contributed by atoms with Crippen LogP contribution in [0.2, 0.25) is 0 Å². The fraction of sp³-hybridized carbons (Fsp3) is 0.450. The van der Waals surface area contributed by atoms with Gasteiger partial charge in [-0.05, 0) is 18.6 Å². The molecule has 0 amide bonds. The molecule has 2 rings (SSSR count). The number of carboxylic acids is 1. The van der Waals surface area contributed by atoms with Gasteiger partial charge in [0.05, 0.1) is 31.9 Å². The zero-order valence-corrected chi connectivity index (χ0v) is 17.5. The monoisotopic (exact) mass is 406 g/mol. The van der Waals surface area contributed by atoms with Crippen LogP contribution in [0.25, 0.3) is 11.3 Å². The quantitative estimate of drug-likeness (QED) is 0.449. The second-order valence-electron chi connectivity index (χ2n) is 6.22. The topological polar surface area (TPSA) is 90.8 Å². The Labute approximate surface area is 170 Å². The maximum absolute atomic E-state index is 11.7. The van der Waals surface area contributed by atoms with E-state index in [2.05, 4.69) is 29.5 Å². The summed E-state index contributed by atoms with van der Waals surface area (Å²) in [5, 5.41) is 9.55. The lowest BCUT2D eigenvalue weighted by atomic mass is 10.1. The minimum absolute atomic E-state index is 0.118. The fourth-order valence-corrected chi connectivity index (χ4v) is 3.22. The molecule has 0 radical (unpaired) electrons. The maximum Gasteiger partial charge on any atom is 0.355 e. The zero-order chi connectivity index (χ0) is 20.7. The van der Waals surface area contributed by atoms with E-state index in [1.807, 2.05) is 0 Å². The lowest BCUT2D eigenvalue weighted by Crippen LogP contribution is -2.09. The molecule has 28 heavy (non-hydrogen) atoms. The third-order valence-corrected chi connectivity index (χ3v) is 4.75. The van der Waals surface area contributed by atoms with Crippen molar-refractivity contribution in [1.82, 2.24) is 9.97 Å². The third kappa shape index (κ3) is 4.86. The van der Waals surface area contributed by atoms with Crippen LogP contribution < -0.4 is 14.2 Å². The second-order valence-corrected chi connectivity index (χ2v) is 6.66. The van der Waals surface area contributed by atoms with E-state index in [1.165, 1.54) is 21.3 Å². The Morgan fingerprint density at radius 1 is 1.04 bits per heavy atom. The van der Waals surface area contributed by atoms with Crippen molar-refractivity contribution in [2.45, 2.75) is 43.9 Å². The summed E-state index contributed by atoms with van der Waals surface area (Å²) < 4.78 is 16.1. The van der Waals surface area contributed by atoms with Crippen molar-refractivity contribution in [3.63, 3.8) is 0 Å². The summed E-state index contributed by atoms with van der Waals surface area (Å²) in [5.74, 6) is 0.682. The molecule has 0 aliphatic carbocycles. The van der Waals surface area contributed by atoms with Gasteiger partial charge in [0.2, 0.25) is 5.75 Å². The number of hydrogen-bond acceptors (Lipinski definition) is 7. The van der Waals surface area contributed by atoms with Gasteiger partial charge in [-0.25, -0.2) is 14.8 Å². The number of carbonyl (C=O) groups is 1. The highest BCUT2D eigenvalue weighted by atomic mass is 32.1. The predicted octanol–water partition coefficient (Wildman–Crippen LogP) is 4.28. The van der Waals surface area contributed by atoms with Crippen molar-refractivity contribution in [3.05, 3.63) is 23.7 Å². The van der Waals surface area contributed by atoms with Crippen LogP contribution in [0.1, 0.15) is 48.9 Å². The Morgan fingerprint density at radius 2 is 1.68 bits per heavy atom. The van der Waals surface area contributed by atoms with Crippen LogP contribution in [0.4, 0.5) is 0 Å². The molecule has 0 atom stereocenters. The summed E-state index contributed by atoms with van der Waals surface area (Å²) in [4.78, 5) is 20.7. The molecule has 1 N–H and O–H groups in total. The third-order valence-electron chi connectivity index (χ3n) is 4.33. The summed E-state index contributed by atoms with van der Waals surface area (Å²) in [7, 11) is 4.56. The first-order chi connectivity index (χ1) is 13.5. The number of carboxylic acid groups (broad SMARTS) is 1. The van der Waals surface area contributed by atoms with Gasteiger partial charge >= 0.3 is 5.97 Å². The lowest BCUT2D eigenvalue weighted by molar-refractivity contribution is 0.0685. The number of aryl methyl sites for hydroxylation is 1. The number of rotatable bonds is 10. The summed E-state index contributed by atoms with van der Waals surface area (Å²) in [6.07, 6.45) is 4.79. The standard InChI is InChI=1S/C20H26N2O5S/c1-5-6-7-8-9-15-21-16(19(28)17(22-15)20(23)24)12-10-13(25-2)18(27-4)14(11-12)26-3/h10-11,28H,5-9H2,1-4H3,(H,23,24). The number of unbranched alkanes of at least 4 members (excludes halogenated alkanes) is 3. The summed E-state index contributed by atoms with van der Waals surface area (Å²) >= 11 is 4.39. The molecule has 1 aromatic heterocycles. The van der Waals surface area contributed by atoms with Crippen LogP contribution in [0.15, 0.2) is 17.0 Å². The first kappa shape index (κ1) is 21.8. The van der Waals surface area contributed by atoms with Crippen molar-refractivity contribution in [2.24, 2.45) is 0 Å². The van der Waals surface area contributed by atoms with Gasteiger partial charge in [-0.1, -0.05) is 26.2 Å².